The van der Waals surface area contributed by atoms with Crippen molar-refractivity contribution in [2.45, 2.75) is 64.1 Å². The van der Waals surface area contributed by atoms with Crippen LogP contribution in [0.1, 0.15) is 52.4 Å². The molecule has 86 valence electrons. The van der Waals surface area contributed by atoms with Crippen LogP contribution in [0, 0.1) is 0 Å². The standard InChI is InChI=1S/C7H15N.C4H11NO/c1-8-7-5-3-2-4-6-7;1-3-4(2,5)6/h7-8H,2-6H2,1H3;6H,3,5H2,1-2H3. The summed E-state index contributed by atoms with van der Waals surface area (Å²) in [4.78, 5) is 0. The van der Waals surface area contributed by atoms with Crippen LogP contribution in [0.2, 0.25) is 0 Å². The van der Waals surface area contributed by atoms with Crippen LogP contribution >= 0.6 is 0 Å². The molecule has 0 aliphatic heterocycles. The second-order valence-electron chi connectivity index (χ2n) is 4.33. The normalized spacial score (nSPS) is 22.1. The van der Waals surface area contributed by atoms with Gasteiger partial charge in [-0.3, -0.25) is 0 Å². The highest BCUT2D eigenvalue weighted by molar-refractivity contribution is 4.68. The lowest BCUT2D eigenvalue weighted by atomic mass is 9.96. The van der Waals surface area contributed by atoms with Crippen LogP contribution in [0.25, 0.3) is 0 Å². The van der Waals surface area contributed by atoms with Crippen molar-refractivity contribution >= 4 is 0 Å². The zero-order valence-electron chi connectivity index (χ0n) is 9.84. The maximum Gasteiger partial charge on any atom is 0.110 e. The molecule has 1 unspecified atom stereocenters. The number of hydrogen-bond donors (Lipinski definition) is 3. The summed E-state index contributed by atoms with van der Waals surface area (Å²) in [6.07, 6.45) is 7.73. The van der Waals surface area contributed by atoms with Gasteiger partial charge in [0.2, 0.25) is 0 Å². The van der Waals surface area contributed by atoms with Gasteiger partial charge < -0.3 is 16.2 Å². The fraction of sp³-hybridized carbons (Fsp3) is 1.00. The van der Waals surface area contributed by atoms with Gasteiger partial charge in [0.05, 0.1) is 0 Å². The van der Waals surface area contributed by atoms with Gasteiger partial charge in [0.25, 0.3) is 0 Å². The van der Waals surface area contributed by atoms with Crippen LogP contribution in [-0.4, -0.2) is 23.9 Å². The van der Waals surface area contributed by atoms with Crippen LogP contribution in [0.4, 0.5) is 0 Å². The molecule has 1 fully saturated rings. The molecule has 0 aromatic carbocycles. The van der Waals surface area contributed by atoms with Crippen LogP contribution in [0.15, 0.2) is 0 Å². The molecule has 1 saturated carbocycles. The van der Waals surface area contributed by atoms with E-state index in [9.17, 15) is 0 Å². The monoisotopic (exact) mass is 202 g/mol. The van der Waals surface area contributed by atoms with Crippen LogP contribution in [0.3, 0.4) is 0 Å². The topological polar surface area (TPSA) is 58.3 Å². The van der Waals surface area contributed by atoms with Gasteiger partial charge in [0.15, 0.2) is 0 Å². The van der Waals surface area contributed by atoms with E-state index in [-0.39, 0.29) is 0 Å². The smallest absolute Gasteiger partial charge is 0.110 e. The van der Waals surface area contributed by atoms with Gasteiger partial charge in [-0.05, 0) is 33.2 Å². The van der Waals surface area contributed by atoms with Gasteiger partial charge >= 0.3 is 0 Å². The van der Waals surface area contributed by atoms with Crippen molar-refractivity contribution < 1.29 is 5.11 Å². The maximum absolute atomic E-state index is 8.60. The molecule has 1 atom stereocenters. The number of nitrogens with two attached hydrogens (primary N) is 1. The highest BCUT2D eigenvalue weighted by Crippen LogP contribution is 2.16. The first-order valence-electron chi connectivity index (χ1n) is 5.68. The van der Waals surface area contributed by atoms with E-state index < -0.39 is 5.72 Å². The van der Waals surface area contributed by atoms with Crippen LogP contribution in [-0.2, 0) is 0 Å². The minimum Gasteiger partial charge on any atom is -0.376 e. The quantitative estimate of drug-likeness (QED) is 0.596. The van der Waals surface area contributed by atoms with E-state index in [1.807, 2.05) is 6.92 Å². The lowest BCUT2D eigenvalue weighted by Crippen LogP contribution is -2.34. The van der Waals surface area contributed by atoms with E-state index in [2.05, 4.69) is 12.4 Å². The molecule has 0 aromatic heterocycles. The predicted molar refractivity (Wildman–Crippen MR) is 61.0 cm³/mol. The summed E-state index contributed by atoms with van der Waals surface area (Å²) in [6, 6.07) is 0.837. The Labute approximate surface area is 88.1 Å². The molecule has 3 heteroatoms. The van der Waals surface area contributed by atoms with E-state index in [0.717, 1.165) is 6.04 Å². The fourth-order valence-electron chi connectivity index (χ4n) is 1.39. The van der Waals surface area contributed by atoms with Gasteiger partial charge in [0.1, 0.15) is 5.72 Å². The Morgan fingerprint density at radius 1 is 1.36 bits per heavy atom. The zero-order valence-corrected chi connectivity index (χ0v) is 9.84. The van der Waals surface area contributed by atoms with Gasteiger partial charge in [0, 0.05) is 6.04 Å². The van der Waals surface area contributed by atoms with Crippen molar-refractivity contribution in [2.24, 2.45) is 5.73 Å². The predicted octanol–water partition coefficient (Wildman–Crippen LogP) is 1.60. The molecule has 0 saturated heterocycles. The third-order valence-corrected chi connectivity index (χ3v) is 2.73. The highest BCUT2D eigenvalue weighted by Gasteiger charge is 2.09. The van der Waals surface area contributed by atoms with Gasteiger partial charge in [-0.1, -0.05) is 26.2 Å². The van der Waals surface area contributed by atoms with Crippen molar-refractivity contribution in [1.82, 2.24) is 5.32 Å². The molecule has 0 aromatic rings. The van der Waals surface area contributed by atoms with E-state index >= 15 is 0 Å². The lowest BCUT2D eigenvalue weighted by molar-refractivity contribution is 0.0632. The average Bonchev–Trinajstić information content (AvgIpc) is 2.19. The maximum atomic E-state index is 8.60. The summed E-state index contributed by atoms with van der Waals surface area (Å²) in [7, 11) is 2.07. The van der Waals surface area contributed by atoms with E-state index in [0.29, 0.717) is 6.42 Å². The summed E-state index contributed by atoms with van der Waals surface area (Å²) >= 11 is 0. The Kier molecular flexibility index (Phi) is 7.15. The minimum atomic E-state index is -0.958. The first-order chi connectivity index (χ1) is 6.49. The second-order valence-corrected chi connectivity index (χ2v) is 4.33. The molecule has 1 aliphatic carbocycles. The first-order valence-corrected chi connectivity index (χ1v) is 5.68. The summed E-state index contributed by atoms with van der Waals surface area (Å²) < 4.78 is 0. The molecule has 4 N–H and O–H groups in total. The van der Waals surface area contributed by atoms with Gasteiger partial charge in [-0.2, -0.15) is 0 Å². The first kappa shape index (κ1) is 13.9. The largest absolute Gasteiger partial charge is 0.376 e. The molecule has 0 bridgehead atoms. The molecule has 0 amide bonds. The lowest BCUT2D eigenvalue weighted by Gasteiger charge is -2.20. The van der Waals surface area contributed by atoms with Crippen molar-refractivity contribution in [2.75, 3.05) is 7.05 Å². The van der Waals surface area contributed by atoms with Crippen molar-refractivity contribution in [3.8, 4) is 0 Å². The summed E-state index contributed by atoms with van der Waals surface area (Å²) in [5.41, 5.74) is 4.13. The van der Waals surface area contributed by atoms with Gasteiger partial charge in [-0.15, -0.1) is 0 Å². The average molecular weight is 202 g/mol. The molecule has 1 aliphatic rings. The Morgan fingerprint density at radius 3 is 2.00 bits per heavy atom. The molecule has 0 radical (unpaired) electrons. The Hall–Kier alpha value is -0.120. The Morgan fingerprint density at radius 2 is 1.79 bits per heavy atom. The highest BCUT2D eigenvalue weighted by atomic mass is 16.3. The molecule has 0 spiro atoms. The third kappa shape index (κ3) is 8.48. The van der Waals surface area contributed by atoms with Gasteiger partial charge in [-0.25, -0.2) is 0 Å². The summed E-state index contributed by atoms with van der Waals surface area (Å²) in [5, 5.41) is 11.9. The van der Waals surface area contributed by atoms with Crippen LogP contribution < -0.4 is 11.1 Å². The van der Waals surface area contributed by atoms with Crippen molar-refractivity contribution in [3.63, 3.8) is 0 Å². The molecular weight excluding hydrogens is 176 g/mol. The number of rotatable bonds is 2. The van der Waals surface area contributed by atoms with E-state index in [4.69, 9.17) is 10.8 Å². The number of aliphatic hydroxyl groups is 1. The minimum absolute atomic E-state index is 0.604. The summed E-state index contributed by atoms with van der Waals surface area (Å²) in [5.74, 6) is 0. The fourth-order valence-corrected chi connectivity index (χ4v) is 1.39. The van der Waals surface area contributed by atoms with E-state index in [1.165, 1.54) is 32.1 Å². The molecule has 3 nitrogen and oxygen atoms in total. The third-order valence-electron chi connectivity index (χ3n) is 2.73. The molecule has 14 heavy (non-hydrogen) atoms. The van der Waals surface area contributed by atoms with Crippen molar-refractivity contribution in [3.05, 3.63) is 0 Å². The summed E-state index contributed by atoms with van der Waals surface area (Å²) in [6.45, 7) is 3.41. The SMILES string of the molecule is CCC(C)(N)O.CNC1CCCCC1. The van der Waals surface area contributed by atoms with E-state index in [1.54, 1.807) is 6.92 Å². The van der Waals surface area contributed by atoms with Crippen molar-refractivity contribution in [1.29, 1.82) is 0 Å². The zero-order chi connectivity index (χ0) is 11.0. The molecule has 1 rings (SSSR count). The number of hydrogen-bond acceptors (Lipinski definition) is 3. The second kappa shape index (κ2) is 7.21. The Bertz CT molecular complexity index is 126. The van der Waals surface area contributed by atoms with Crippen LogP contribution in [0.5, 0.6) is 0 Å². The molecule has 0 heterocycles. The molecular formula is C11H26N2O. The Balaban J connectivity index is 0.000000255. The number of nitrogens with one attached hydrogen (secondary N) is 1.